The monoisotopic (exact) mass is 218 g/mol. The summed E-state index contributed by atoms with van der Waals surface area (Å²) in [5.41, 5.74) is 0. The highest BCUT2D eigenvalue weighted by atomic mass is 32.2. The van der Waals surface area contributed by atoms with E-state index in [1.807, 2.05) is 4.90 Å². The minimum absolute atomic E-state index is 0.217. The quantitative estimate of drug-likeness (QED) is 0.613. The Morgan fingerprint density at radius 1 is 1.43 bits per heavy atom. The number of nitrogens with zero attached hydrogens (tertiary/aromatic N) is 1. The van der Waals surface area contributed by atoms with Crippen LogP contribution in [0.1, 0.15) is 6.42 Å². The van der Waals surface area contributed by atoms with Crippen LogP contribution in [0.5, 0.6) is 0 Å². The Kier molecular flexibility index (Phi) is 5.98. The molecule has 5 heteroatoms. The van der Waals surface area contributed by atoms with Crippen molar-refractivity contribution in [3.8, 4) is 0 Å². The van der Waals surface area contributed by atoms with Gasteiger partial charge < -0.3 is 15.3 Å². The standard InChI is InChI=1S/C9H18N2O2S/c12-6-1-7-14-8-9(13)11-4-2-10-3-5-11/h10,12H,1-8H2. The molecular formula is C9H18N2O2S. The fraction of sp³-hybridized carbons (Fsp3) is 0.889. The van der Waals surface area contributed by atoms with Gasteiger partial charge in [-0.05, 0) is 12.2 Å². The number of aliphatic hydroxyl groups is 1. The van der Waals surface area contributed by atoms with Gasteiger partial charge in [0, 0.05) is 32.8 Å². The number of carbonyl (C=O) groups is 1. The van der Waals surface area contributed by atoms with Gasteiger partial charge in [-0.3, -0.25) is 4.79 Å². The molecule has 0 aromatic rings. The number of nitrogens with one attached hydrogen (secondary N) is 1. The molecule has 1 rings (SSSR count). The summed E-state index contributed by atoms with van der Waals surface area (Å²) in [5, 5.41) is 11.8. The molecule has 0 spiro atoms. The zero-order valence-electron chi connectivity index (χ0n) is 8.37. The molecule has 0 aliphatic carbocycles. The number of hydrogen-bond acceptors (Lipinski definition) is 4. The van der Waals surface area contributed by atoms with E-state index in [2.05, 4.69) is 5.32 Å². The summed E-state index contributed by atoms with van der Waals surface area (Å²) in [4.78, 5) is 13.5. The van der Waals surface area contributed by atoms with Crippen LogP contribution in [0.3, 0.4) is 0 Å². The second-order valence-corrected chi connectivity index (χ2v) is 4.37. The van der Waals surface area contributed by atoms with Gasteiger partial charge in [0.15, 0.2) is 0 Å². The Morgan fingerprint density at radius 3 is 2.79 bits per heavy atom. The molecule has 1 heterocycles. The van der Waals surface area contributed by atoms with E-state index in [9.17, 15) is 4.79 Å². The predicted octanol–water partition coefficient (Wildman–Crippen LogP) is -0.466. The van der Waals surface area contributed by atoms with Gasteiger partial charge in [-0.25, -0.2) is 0 Å². The van der Waals surface area contributed by atoms with Gasteiger partial charge in [0.25, 0.3) is 0 Å². The fourth-order valence-corrected chi connectivity index (χ4v) is 2.17. The summed E-state index contributed by atoms with van der Waals surface area (Å²) in [5.74, 6) is 1.66. The predicted molar refractivity (Wildman–Crippen MR) is 58.5 cm³/mol. The summed E-state index contributed by atoms with van der Waals surface area (Å²) in [7, 11) is 0. The number of amides is 1. The lowest BCUT2D eigenvalue weighted by atomic mass is 10.3. The number of piperazine rings is 1. The first kappa shape index (κ1) is 11.8. The van der Waals surface area contributed by atoms with Crippen LogP contribution in [0, 0.1) is 0 Å². The van der Waals surface area contributed by atoms with Crippen LogP contribution in [-0.4, -0.2) is 60.2 Å². The lowest BCUT2D eigenvalue weighted by Gasteiger charge is -2.27. The van der Waals surface area contributed by atoms with Crippen molar-refractivity contribution in [1.29, 1.82) is 0 Å². The van der Waals surface area contributed by atoms with Crippen LogP contribution in [-0.2, 0) is 4.79 Å². The van der Waals surface area contributed by atoms with E-state index in [0.717, 1.165) is 38.4 Å². The highest BCUT2D eigenvalue weighted by Gasteiger charge is 2.15. The second kappa shape index (κ2) is 7.09. The van der Waals surface area contributed by atoms with E-state index in [-0.39, 0.29) is 12.5 Å². The maximum Gasteiger partial charge on any atom is 0.232 e. The van der Waals surface area contributed by atoms with Crippen molar-refractivity contribution in [2.24, 2.45) is 0 Å². The average Bonchev–Trinajstić information content (AvgIpc) is 2.25. The molecule has 14 heavy (non-hydrogen) atoms. The van der Waals surface area contributed by atoms with Gasteiger partial charge in [0.1, 0.15) is 0 Å². The topological polar surface area (TPSA) is 52.6 Å². The molecule has 1 aliphatic heterocycles. The van der Waals surface area contributed by atoms with Crippen LogP contribution in [0.15, 0.2) is 0 Å². The van der Waals surface area contributed by atoms with E-state index in [1.54, 1.807) is 11.8 Å². The molecule has 1 aliphatic rings. The molecule has 0 saturated carbocycles. The third kappa shape index (κ3) is 4.30. The maximum absolute atomic E-state index is 11.6. The first-order valence-electron chi connectivity index (χ1n) is 5.01. The maximum atomic E-state index is 11.6. The summed E-state index contributed by atoms with van der Waals surface area (Å²) in [6, 6.07) is 0. The lowest BCUT2D eigenvalue weighted by Crippen LogP contribution is -2.47. The van der Waals surface area contributed by atoms with Gasteiger partial charge in [-0.2, -0.15) is 11.8 Å². The zero-order chi connectivity index (χ0) is 10.2. The van der Waals surface area contributed by atoms with Gasteiger partial charge in [-0.15, -0.1) is 0 Å². The third-order valence-electron chi connectivity index (χ3n) is 2.14. The van der Waals surface area contributed by atoms with Crippen molar-refractivity contribution in [1.82, 2.24) is 10.2 Å². The Morgan fingerprint density at radius 2 is 2.14 bits per heavy atom. The Balaban J connectivity index is 2.07. The van der Waals surface area contributed by atoms with Crippen molar-refractivity contribution < 1.29 is 9.90 Å². The van der Waals surface area contributed by atoms with E-state index >= 15 is 0 Å². The first-order valence-corrected chi connectivity index (χ1v) is 6.17. The average molecular weight is 218 g/mol. The minimum Gasteiger partial charge on any atom is -0.396 e. The molecule has 0 radical (unpaired) electrons. The van der Waals surface area contributed by atoms with Crippen molar-refractivity contribution in [2.75, 3.05) is 44.3 Å². The van der Waals surface area contributed by atoms with Crippen LogP contribution in [0.2, 0.25) is 0 Å². The molecular weight excluding hydrogens is 200 g/mol. The molecule has 4 nitrogen and oxygen atoms in total. The fourth-order valence-electron chi connectivity index (χ4n) is 1.33. The highest BCUT2D eigenvalue weighted by molar-refractivity contribution is 7.99. The van der Waals surface area contributed by atoms with E-state index in [1.165, 1.54) is 0 Å². The van der Waals surface area contributed by atoms with Gasteiger partial charge >= 0.3 is 0 Å². The number of aliphatic hydroxyl groups excluding tert-OH is 1. The van der Waals surface area contributed by atoms with Crippen LogP contribution >= 0.6 is 11.8 Å². The highest BCUT2D eigenvalue weighted by Crippen LogP contribution is 2.05. The number of thioether (sulfide) groups is 1. The SMILES string of the molecule is O=C(CSCCCO)N1CCNCC1. The van der Waals surface area contributed by atoms with E-state index < -0.39 is 0 Å². The first-order chi connectivity index (χ1) is 6.84. The van der Waals surface area contributed by atoms with Gasteiger partial charge in [-0.1, -0.05) is 0 Å². The number of rotatable bonds is 5. The lowest BCUT2D eigenvalue weighted by molar-refractivity contribution is -0.128. The molecule has 82 valence electrons. The normalized spacial score (nSPS) is 17.1. The molecule has 0 aromatic heterocycles. The van der Waals surface area contributed by atoms with E-state index in [0.29, 0.717) is 5.75 Å². The zero-order valence-corrected chi connectivity index (χ0v) is 9.18. The molecule has 0 unspecified atom stereocenters. The summed E-state index contributed by atoms with van der Waals surface area (Å²) in [6.07, 6.45) is 0.777. The van der Waals surface area contributed by atoms with Crippen LogP contribution in [0.4, 0.5) is 0 Å². The molecule has 1 amide bonds. The Labute approximate surface area is 89.0 Å². The van der Waals surface area contributed by atoms with Crippen LogP contribution in [0.25, 0.3) is 0 Å². The molecule has 0 aromatic carbocycles. The molecule has 0 bridgehead atoms. The molecule has 1 saturated heterocycles. The van der Waals surface area contributed by atoms with Crippen molar-refractivity contribution in [3.63, 3.8) is 0 Å². The third-order valence-corrected chi connectivity index (χ3v) is 3.17. The van der Waals surface area contributed by atoms with Crippen molar-refractivity contribution >= 4 is 17.7 Å². The smallest absolute Gasteiger partial charge is 0.232 e. The van der Waals surface area contributed by atoms with E-state index in [4.69, 9.17) is 5.11 Å². The number of hydrogen-bond donors (Lipinski definition) is 2. The summed E-state index contributed by atoms with van der Waals surface area (Å²) in [6.45, 7) is 3.70. The Hall–Kier alpha value is -0.260. The molecule has 1 fully saturated rings. The molecule has 2 N–H and O–H groups in total. The van der Waals surface area contributed by atoms with Crippen molar-refractivity contribution in [2.45, 2.75) is 6.42 Å². The van der Waals surface area contributed by atoms with Gasteiger partial charge in [0.05, 0.1) is 5.75 Å². The largest absolute Gasteiger partial charge is 0.396 e. The number of carbonyl (C=O) groups excluding carboxylic acids is 1. The van der Waals surface area contributed by atoms with Crippen molar-refractivity contribution in [3.05, 3.63) is 0 Å². The Bertz CT molecular complexity index is 172. The molecule has 0 atom stereocenters. The van der Waals surface area contributed by atoms with Crippen LogP contribution < -0.4 is 5.32 Å². The summed E-state index contributed by atoms with van der Waals surface area (Å²) >= 11 is 1.61. The van der Waals surface area contributed by atoms with Gasteiger partial charge in [0.2, 0.25) is 5.91 Å². The minimum atomic E-state index is 0.217. The second-order valence-electron chi connectivity index (χ2n) is 3.26. The summed E-state index contributed by atoms with van der Waals surface area (Å²) < 4.78 is 0.